The summed E-state index contributed by atoms with van der Waals surface area (Å²) in [5.41, 5.74) is 0. The van der Waals surface area contributed by atoms with E-state index in [4.69, 9.17) is 14.2 Å². The largest absolute Gasteiger partial charge is 0.486 e. The van der Waals surface area contributed by atoms with Crippen molar-refractivity contribution in [1.29, 1.82) is 0 Å². The molecular weight excluding hydrogens is 396 g/mol. The number of fused-ring (bicyclic) bond motifs is 1. The third kappa shape index (κ3) is 6.56. The van der Waals surface area contributed by atoms with E-state index in [9.17, 15) is 14.4 Å². The summed E-state index contributed by atoms with van der Waals surface area (Å²) in [6.07, 6.45) is 4.12. The Labute approximate surface area is 174 Å². The van der Waals surface area contributed by atoms with Gasteiger partial charge >= 0.3 is 12.0 Å². The summed E-state index contributed by atoms with van der Waals surface area (Å²) in [5.74, 6) is 0.175. The van der Waals surface area contributed by atoms with Crippen molar-refractivity contribution in [2.45, 2.75) is 56.1 Å². The van der Waals surface area contributed by atoms with Crippen LogP contribution in [0.15, 0.2) is 23.1 Å². The van der Waals surface area contributed by atoms with Crippen LogP contribution in [0.2, 0.25) is 0 Å². The molecule has 0 bridgehead atoms. The third-order valence-electron chi connectivity index (χ3n) is 4.72. The van der Waals surface area contributed by atoms with Crippen LogP contribution in [0, 0.1) is 0 Å². The fourth-order valence-electron chi connectivity index (χ4n) is 3.22. The van der Waals surface area contributed by atoms with Gasteiger partial charge in [0.1, 0.15) is 13.2 Å². The molecule has 3 rings (SSSR count). The SMILES string of the molecule is C[C@@H](OC(=O)CSc1ccc2c(c1)OCCO2)C(=O)NC(=O)NC1CCCCC1. The van der Waals surface area contributed by atoms with Crippen molar-refractivity contribution >= 4 is 29.7 Å². The van der Waals surface area contributed by atoms with Gasteiger partial charge in [-0.25, -0.2) is 4.79 Å². The Kier molecular flexibility index (Phi) is 7.62. The number of urea groups is 1. The summed E-state index contributed by atoms with van der Waals surface area (Å²) in [4.78, 5) is 36.9. The van der Waals surface area contributed by atoms with Gasteiger partial charge in [0, 0.05) is 10.9 Å². The zero-order valence-corrected chi connectivity index (χ0v) is 17.2. The predicted molar refractivity (Wildman–Crippen MR) is 107 cm³/mol. The highest BCUT2D eigenvalue weighted by Crippen LogP contribution is 2.34. The molecule has 1 atom stereocenters. The Bertz CT molecular complexity index is 750. The van der Waals surface area contributed by atoms with E-state index in [1.165, 1.54) is 25.1 Å². The zero-order chi connectivity index (χ0) is 20.6. The number of ether oxygens (including phenoxy) is 3. The lowest BCUT2D eigenvalue weighted by atomic mass is 9.96. The van der Waals surface area contributed by atoms with Crippen LogP contribution in [0.4, 0.5) is 4.79 Å². The number of imide groups is 1. The highest BCUT2D eigenvalue weighted by atomic mass is 32.2. The number of carbonyl (C=O) groups excluding carboxylic acids is 3. The van der Waals surface area contributed by atoms with E-state index < -0.39 is 24.0 Å². The first kappa shape index (κ1) is 21.3. The fraction of sp³-hybridized carbons (Fsp3) is 0.550. The topological polar surface area (TPSA) is 103 Å². The summed E-state index contributed by atoms with van der Waals surface area (Å²) < 4.78 is 16.1. The van der Waals surface area contributed by atoms with Gasteiger partial charge in [-0.3, -0.25) is 14.9 Å². The molecule has 1 fully saturated rings. The Morgan fingerprint density at radius 3 is 2.62 bits per heavy atom. The van der Waals surface area contributed by atoms with Crippen LogP contribution < -0.4 is 20.1 Å². The van der Waals surface area contributed by atoms with Crippen molar-refractivity contribution in [3.05, 3.63) is 18.2 Å². The molecule has 0 saturated heterocycles. The number of hydrogen-bond acceptors (Lipinski definition) is 7. The van der Waals surface area contributed by atoms with Gasteiger partial charge in [0.25, 0.3) is 5.91 Å². The molecule has 158 valence electrons. The maximum atomic E-state index is 12.1. The molecule has 2 N–H and O–H groups in total. The molecule has 3 amide bonds. The fourth-order valence-corrected chi connectivity index (χ4v) is 3.93. The minimum absolute atomic E-state index is 0.0333. The molecule has 1 aromatic rings. The normalized spacial score (nSPS) is 17.1. The molecule has 29 heavy (non-hydrogen) atoms. The molecule has 1 aliphatic carbocycles. The van der Waals surface area contributed by atoms with E-state index >= 15 is 0 Å². The van der Waals surface area contributed by atoms with E-state index in [0.29, 0.717) is 24.7 Å². The maximum Gasteiger partial charge on any atom is 0.321 e. The molecule has 1 saturated carbocycles. The van der Waals surface area contributed by atoms with Gasteiger partial charge in [-0.05, 0) is 38.0 Å². The van der Waals surface area contributed by atoms with Gasteiger partial charge in [0.2, 0.25) is 0 Å². The summed E-state index contributed by atoms with van der Waals surface area (Å²) in [7, 11) is 0. The molecule has 0 spiro atoms. The van der Waals surface area contributed by atoms with E-state index in [0.717, 1.165) is 30.6 Å². The van der Waals surface area contributed by atoms with Gasteiger partial charge in [-0.2, -0.15) is 0 Å². The summed E-state index contributed by atoms with van der Waals surface area (Å²) in [5, 5.41) is 5.03. The molecular formula is C20H26N2O6S. The van der Waals surface area contributed by atoms with Gasteiger partial charge in [0.05, 0.1) is 5.75 Å². The van der Waals surface area contributed by atoms with E-state index in [1.807, 2.05) is 6.07 Å². The molecule has 0 aromatic heterocycles. The zero-order valence-electron chi connectivity index (χ0n) is 16.4. The number of amides is 3. The molecule has 1 aromatic carbocycles. The quantitative estimate of drug-likeness (QED) is 0.537. The Morgan fingerprint density at radius 2 is 1.86 bits per heavy atom. The average Bonchev–Trinajstić information content (AvgIpc) is 2.72. The number of esters is 1. The molecule has 8 nitrogen and oxygen atoms in total. The summed E-state index contributed by atoms with van der Waals surface area (Å²) in [6.45, 7) is 2.45. The minimum atomic E-state index is -1.06. The highest BCUT2D eigenvalue weighted by Gasteiger charge is 2.22. The predicted octanol–water partition coefficient (Wildman–Crippen LogP) is 2.64. The van der Waals surface area contributed by atoms with Crippen LogP contribution >= 0.6 is 11.8 Å². The Morgan fingerprint density at radius 1 is 1.14 bits per heavy atom. The first-order chi connectivity index (χ1) is 14.0. The highest BCUT2D eigenvalue weighted by molar-refractivity contribution is 8.00. The Hall–Kier alpha value is -2.42. The lowest BCUT2D eigenvalue weighted by Crippen LogP contribution is -2.48. The number of benzene rings is 1. The first-order valence-electron chi connectivity index (χ1n) is 9.84. The monoisotopic (exact) mass is 422 g/mol. The average molecular weight is 423 g/mol. The number of nitrogens with one attached hydrogen (secondary N) is 2. The molecule has 9 heteroatoms. The number of rotatable bonds is 6. The van der Waals surface area contributed by atoms with Crippen LogP contribution in [0.5, 0.6) is 11.5 Å². The van der Waals surface area contributed by atoms with Gasteiger partial charge in [-0.1, -0.05) is 19.3 Å². The lowest BCUT2D eigenvalue weighted by Gasteiger charge is -2.23. The van der Waals surface area contributed by atoms with Crippen LogP contribution in [-0.4, -0.2) is 49.0 Å². The van der Waals surface area contributed by atoms with Crippen LogP contribution in [0.25, 0.3) is 0 Å². The van der Waals surface area contributed by atoms with Crippen LogP contribution in [0.1, 0.15) is 39.0 Å². The van der Waals surface area contributed by atoms with E-state index in [1.54, 1.807) is 12.1 Å². The van der Waals surface area contributed by atoms with Crippen LogP contribution in [-0.2, 0) is 14.3 Å². The number of carbonyl (C=O) groups is 3. The van der Waals surface area contributed by atoms with Gasteiger partial charge < -0.3 is 19.5 Å². The molecule has 1 heterocycles. The van der Waals surface area contributed by atoms with Crippen molar-refractivity contribution in [3.63, 3.8) is 0 Å². The summed E-state index contributed by atoms with van der Waals surface area (Å²) >= 11 is 1.27. The van der Waals surface area contributed by atoms with Crippen molar-refractivity contribution < 1.29 is 28.6 Å². The third-order valence-corrected chi connectivity index (χ3v) is 5.69. The van der Waals surface area contributed by atoms with Crippen molar-refractivity contribution in [1.82, 2.24) is 10.6 Å². The van der Waals surface area contributed by atoms with Crippen LogP contribution in [0.3, 0.4) is 0 Å². The second-order valence-corrected chi connectivity index (χ2v) is 8.07. The van der Waals surface area contributed by atoms with Crippen molar-refractivity contribution in [3.8, 4) is 11.5 Å². The smallest absolute Gasteiger partial charge is 0.321 e. The molecule has 0 radical (unpaired) electrons. The standard InChI is InChI=1S/C20H26N2O6S/c1-13(19(24)22-20(25)21-14-5-3-2-4-6-14)28-18(23)12-29-15-7-8-16-17(11-15)27-10-9-26-16/h7-8,11,13-14H,2-6,9-10,12H2,1H3,(H2,21,22,24,25)/t13-/m1/s1. The van der Waals surface area contributed by atoms with Crippen molar-refractivity contribution in [2.24, 2.45) is 0 Å². The second-order valence-electron chi connectivity index (χ2n) is 7.02. The summed E-state index contributed by atoms with van der Waals surface area (Å²) in [6, 6.07) is 4.98. The van der Waals surface area contributed by atoms with E-state index in [2.05, 4.69) is 10.6 Å². The minimum Gasteiger partial charge on any atom is -0.486 e. The lowest BCUT2D eigenvalue weighted by molar-refractivity contribution is -0.151. The van der Waals surface area contributed by atoms with Gasteiger partial charge in [-0.15, -0.1) is 11.8 Å². The van der Waals surface area contributed by atoms with Crippen molar-refractivity contribution in [2.75, 3.05) is 19.0 Å². The maximum absolute atomic E-state index is 12.1. The Balaban J connectivity index is 1.39. The van der Waals surface area contributed by atoms with E-state index in [-0.39, 0.29) is 11.8 Å². The number of hydrogen-bond donors (Lipinski definition) is 2. The second kappa shape index (κ2) is 10.4. The number of thioether (sulfide) groups is 1. The molecule has 0 unspecified atom stereocenters. The molecule has 2 aliphatic rings. The molecule has 1 aliphatic heterocycles. The first-order valence-corrected chi connectivity index (χ1v) is 10.8. The van der Waals surface area contributed by atoms with Gasteiger partial charge in [0.15, 0.2) is 17.6 Å².